The molecule has 1 aromatic carbocycles. The van der Waals surface area contributed by atoms with E-state index in [9.17, 15) is 13.2 Å². The van der Waals surface area contributed by atoms with Crippen molar-refractivity contribution in [1.29, 1.82) is 0 Å². The molecule has 2 aliphatic rings. The van der Waals surface area contributed by atoms with Gasteiger partial charge >= 0.3 is 0 Å². The lowest BCUT2D eigenvalue weighted by Gasteiger charge is -2.28. The maximum Gasteiger partial charge on any atom is 0.261 e. The molecule has 0 spiro atoms. The maximum absolute atomic E-state index is 13.0. The molecule has 0 saturated carbocycles. The van der Waals surface area contributed by atoms with Crippen molar-refractivity contribution in [3.63, 3.8) is 0 Å². The Hall–Kier alpha value is -2.52. The Morgan fingerprint density at radius 3 is 2.88 bits per heavy atom. The van der Waals surface area contributed by atoms with Gasteiger partial charge in [-0.1, -0.05) is 23.5 Å². The van der Waals surface area contributed by atoms with Gasteiger partial charge < -0.3 is 4.90 Å². The minimum atomic E-state index is -3.41. The van der Waals surface area contributed by atoms with Gasteiger partial charge in [-0.3, -0.25) is 9.69 Å². The molecular weight excluding hydrogens is 372 g/mol. The van der Waals surface area contributed by atoms with Gasteiger partial charge in [0.25, 0.3) is 15.9 Å². The van der Waals surface area contributed by atoms with Crippen molar-refractivity contribution in [3.05, 3.63) is 48.2 Å². The molecular formula is C17H16N4O3S2. The number of likely N-dealkylation sites (N-methyl/N-ethyl adjacent to an activating group) is 1. The number of hydrogen-bond donors (Lipinski definition) is 0. The fourth-order valence-electron chi connectivity index (χ4n) is 2.82. The third-order valence-electron chi connectivity index (χ3n) is 4.15. The number of sulfonamides is 1. The van der Waals surface area contributed by atoms with Crippen molar-refractivity contribution in [2.45, 2.75) is 6.92 Å². The van der Waals surface area contributed by atoms with E-state index >= 15 is 0 Å². The lowest BCUT2D eigenvalue weighted by molar-refractivity contribution is -0.114. The normalized spacial score (nSPS) is 18.3. The number of amides is 1. The van der Waals surface area contributed by atoms with Crippen LogP contribution < -0.4 is 4.90 Å². The second-order valence-corrected chi connectivity index (χ2v) is 8.62. The lowest BCUT2D eigenvalue weighted by Crippen LogP contribution is -2.39. The van der Waals surface area contributed by atoms with Crippen LogP contribution in [0.3, 0.4) is 0 Å². The van der Waals surface area contributed by atoms with Gasteiger partial charge in [0.15, 0.2) is 5.13 Å². The molecule has 0 fully saturated rings. The molecule has 2 aliphatic heterocycles. The monoisotopic (exact) mass is 388 g/mol. The van der Waals surface area contributed by atoms with Gasteiger partial charge in [-0.15, -0.1) is 4.40 Å². The van der Waals surface area contributed by atoms with Gasteiger partial charge in [-0.25, -0.2) is 13.4 Å². The van der Waals surface area contributed by atoms with Crippen LogP contribution in [0.15, 0.2) is 52.6 Å². The molecule has 1 aromatic heterocycles. The first-order valence-corrected chi connectivity index (χ1v) is 10.6. The molecule has 26 heavy (non-hydrogen) atoms. The highest BCUT2D eigenvalue weighted by Crippen LogP contribution is 2.30. The highest BCUT2D eigenvalue weighted by Gasteiger charge is 2.27. The van der Waals surface area contributed by atoms with E-state index in [1.54, 1.807) is 28.2 Å². The second-order valence-electron chi connectivity index (χ2n) is 5.86. The van der Waals surface area contributed by atoms with E-state index in [1.807, 2.05) is 31.2 Å². The van der Waals surface area contributed by atoms with E-state index in [4.69, 9.17) is 0 Å². The third kappa shape index (κ3) is 3.04. The fourth-order valence-corrected chi connectivity index (χ4v) is 4.82. The average Bonchev–Trinajstić information content (AvgIpc) is 3.04. The highest BCUT2D eigenvalue weighted by molar-refractivity contribution is 7.90. The van der Waals surface area contributed by atoms with Crippen LogP contribution in [0.4, 0.5) is 5.13 Å². The van der Waals surface area contributed by atoms with Crippen molar-refractivity contribution < 1.29 is 13.2 Å². The summed E-state index contributed by atoms with van der Waals surface area (Å²) in [5.74, 6) is 0.114. The highest BCUT2D eigenvalue weighted by atomic mass is 32.2. The molecule has 2 aromatic rings. The SMILES string of the molecule is CCN(C(=O)C1=CN2CCS(=O)(=O)N=C2C=C1)c1nc2ccccc2s1. The zero-order chi connectivity index (χ0) is 18.3. The van der Waals surface area contributed by atoms with Gasteiger partial charge in [0.2, 0.25) is 0 Å². The maximum atomic E-state index is 13.0. The first kappa shape index (κ1) is 16.9. The molecule has 0 unspecified atom stereocenters. The quantitative estimate of drug-likeness (QED) is 0.805. The van der Waals surface area contributed by atoms with E-state index in [0.29, 0.717) is 23.1 Å². The van der Waals surface area contributed by atoms with Gasteiger partial charge in [0.05, 0.1) is 21.5 Å². The molecule has 134 valence electrons. The summed E-state index contributed by atoms with van der Waals surface area (Å²) in [4.78, 5) is 20.9. The molecule has 1 amide bonds. The van der Waals surface area contributed by atoms with Crippen LogP contribution in [0.2, 0.25) is 0 Å². The summed E-state index contributed by atoms with van der Waals surface area (Å²) in [5.41, 5.74) is 1.34. The summed E-state index contributed by atoms with van der Waals surface area (Å²) < 4.78 is 27.9. The summed E-state index contributed by atoms with van der Waals surface area (Å²) in [5, 5.41) is 0.647. The van der Waals surface area contributed by atoms with E-state index in [1.165, 1.54) is 11.3 Å². The van der Waals surface area contributed by atoms with Crippen LogP contribution in [-0.2, 0) is 14.8 Å². The summed E-state index contributed by atoms with van der Waals surface area (Å²) in [6.45, 7) is 2.67. The molecule has 0 bridgehead atoms. The van der Waals surface area contributed by atoms with Gasteiger partial charge in [-0.2, -0.15) is 0 Å². The van der Waals surface area contributed by atoms with Gasteiger partial charge in [0, 0.05) is 19.3 Å². The molecule has 9 heteroatoms. The molecule has 7 nitrogen and oxygen atoms in total. The van der Waals surface area contributed by atoms with E-state index < -0.39 is 10.0 Å². The number of carbonyl (C=O) groups excluding carboxylic acids is 1. The fraction of sp³-hybridized carbons (Fsp3) is 0.235. The molecule has 3 heterocycles. The number of aromatic nitrogens is 1. The van der Waals surface area contributed by atoms with Gasteiger partial charge in [-0.05, 0) is 31.2 Å². The van der Waals surface area contributed by atoms with Crippen LogP contribution in [0.1, 0.15) is 6.92 Å². The van der Waals surface area contributed by atoms with Crippen LogP contribution in [0.25, 0.3) is 10.2 Å². The molecule has 0 radical (unpaired) electrons. The van der Waals surface area contributed by atoms with Crippen molar-refractivity contribution >= 4 is 48.5 Å². The Kier molecular flexibility index (Phi) is 4.12. The Labute approximate surface area is 155 Å². The molecule has 0 saturated heterocycles. The predicted octanol–water partition coefficient (Wildman–Crippen LogP) is 2.15. The third-order valence-corrected chi connectivity index (χ3v) is 6.37. The number of amidine groups is 1. The zero-order valence-electron chi connectivity index (χ0n) is 14.0. The van der Waals surface area contributed by atoms with Crippen molar-refractivity contribution in [1.82, 2.24) is 9.88 Å². The van der Waals surface area contributed by atoms with Crippen LogP contribution in [-0.4, -0.2) is 48.9 Å². The number of carbonyl (C=O) groups is 1. The Balaban J connectivity index is 1.64. The van der Waals surface area contributed by atoms with Gasteiger partial charge in [0.1, 0.15) is 5.84 Å². The number of nitrogens with zero attached hydrogens (tertiary/aromatic N) is 4. The first-order chi connectivity index (χ1) is 12.5. The number of anilines is 1. The zero-order valence-corrected chi connectivity index (χ0v) is 15.6. The Morgan fingerprint density at radius 2 is 2.12 bits per heavy atom. The summed E-state index contributed by atoms with van der Waals surface area (Å²) >= 11 is 1.47. The molecule has 4 rings (SSSR count). The summed E-state index contributed by atoms with van der Waals surface area (Å²) in [7, 11) is -3.41. The topological polar surface area (TPSA) is 82.9 Å². The standard InChI is InChI=1S/C17H16N4O3S2/c1-2-21(17-18-13-5-3-4-6-14(13)25-17)16(22)12-7-8-15-19-26(23,24)10-9-20(15)11-12/h3-8,11H,2,9-10H2,1H3. The minimum absolute atomic E-state index is 0.0579. The summed E-state index contributed by atoms with van der Waals surface area (Å²) in [6, 6.07) is 7.76. The van der Waals surface area contributed by atoms with Crippen molar-refractivity contribution in [3.8, 4) is 0 Å². The first-order valence-electron chi connectivity index (χ1n) is 8.13. The number of rotatable bonds is 3. The number of benzene rings is 1. The number of hydrogen-bond acceptors (Lipinski definition) is 6. The van der Waals surface area contributed by atoms with E-state index in [0.717, 1.165) is 10.2 Å². The molecule has 0 N–H and O–H groups in total. The second kappa shape index (κ2) is 6.33. The largest absolute Gasteiger partial charge is 0.330 e. The van der Waals surface area contributed by atoms with Crippen molar-refractivity contribution in [2.24, 2.45) is 4.40 Å². The van der Waals surface area contributed by atoms with Crippen molar-refractivity contribution in [2.75, 3.05) is 23.7 Å². The van der Waals surface area contributed by atoms with E-state index in [-0.39, 0.29) is 18.2 Å². The lowest BCUT2D eigenvalue weighted by atomic mass is 10.1. The number of thiazole rings is 1. The van der Waals surface area contributed by atoms with Crippen LogP contribution in [0, 0.1) is 0 Å². The van der Waals surface area contributed by atoms with Crippen LogP contribution >= 0.6 is 11.3 Å². The number of para-hydroxylation sites is 1. The predicted molar refractivity (Wildman–Crippen MR) is 103 cm³/mol. The van der Waals surface area contributed by atoms with E-state index in [2.05, 4.69) is 9.38 Å². The molecule has 0 aliphatic carbocycles. The number of fused-ring (bicyclic) bond motifs is 2. The van der Waals surface area contributed by atoms with Crippen LogP contribution in [0.5, 0.6) is 0 Å². The average molecular weight is 388 g/mol. The smallest absolute Gasteiger partial charge is 0.261 e. The Bertz CT molecular complexity index is 1050. The minimum Gasteiger partial charge on any atom is -0.330 e. The Morgan fingerprint density at radius 1 is 1.31 bits per heavy atom. The molecule has 0 atom stereocenters. The summed E-state index contributed by atoms with van der Waals surface area (Å²) in [6.07, 6.45) is 4.83.